The molecule has 0 bridgehead atoms. The van der Waals surface area contributed by atoms with E-state index in [4.69, 9.17) is 5.73 Å². The summed E-state index contributed by atoms with van der Waals surface area (Å²) in [5.74, 6) is -0.465. The van der Waals surface area contributed by atoms with Gasteiger partial charge in [0.15, 0.2) is 0 Å². The largest absolute Gasteiger partial charge is 0.573 e. The minimum atomic E-state index is -4.78. The van der Waals surface area contributed by atoms with Crippen LogP contribution >= 0.6 is 0 Å². The van der Waals surface area contributed by atoms with Gasteiger partial charge in [0, 0.05) is 86.3 Å². The number of benzene rings is 3. The molecule has 2 aliphatic heterocycles. The third-order valence-corrected chi connectivity index (χ3v) is 9.82. The van der Waals surface area contributed by atoms with E-state index in [1.807, 2.05) is 6.20 Å². The molecular weight excluding hydrogens is 686 g/mol. The second-order valence-electron chi connectivity index (χ2n) is 13.5. The fourth-order valence-corrected chi connectivity index (χ4v) is 7.00. The lowest BCUT2D eigenvalue weighted by atomic mass is 9.86. The predicted molar refractivity (Wildman–Crippen MR) is 189 cm³/mol. The zero-order valence-corrected chi connectivity index (χ0v) is 28.8. The van der Waals surface area contributed by atoms with Crippen molar-refractivity contribution < 1.29 is 35.8 Å². The molecule has 4 N–H and O–H groups in total. The van der Waals surface area contributed by atoms with Crippen LogP contribution in [0.4, 0.5) is 26.3 Å². The fourth-order valence-electron chi connectivity index (χ4n) is 7.00. The Hall–Kier alpha value is -4.24. The van der Waals surface area contributed by atoms with Crippen molar-refractivity contribution >= 4 is 10.9 Å². The lowest BCUT2D eigenvalue weighted by Gasteiger charge is -2.36. The zero-order chi connectivity index (χ0) is 36.9. The van der Waals surface area contributed by atoms with E-state index >= 15 is 0 Å². The Labute approximate surface area is 299 Å². The summed E-state index contributed by atoms with van der Waals surface area (Å²) in [6.45, 7) is 11.2. The van der Waals surface area contributed by atoms with Crippen LogP contribution in [0.25, 0.3) is 22.0 Å². The van der Waals surface area contributed by atoms with E-state index in [9.17, 15) is 26.3 Å². The number of rotatable bonds is 13. The van der Waals surface area contributed by atoms with E-state index < -0.39 is 18.3 Å². The molecule has 14 heteroatoms. The Morgan fingerprint density at radius 2 is 1.50 bits per heavy atom. The second-order valence-corrected chi connectivity index (χ2v) is 13.5. The number of hydrogen-bond acceptors (Lipinski definition) is 7. The van der Waals surface area contributed by atoms with E-state index in [1.165, 1.54) is 24.3 Å². The summed E-state index contributed by atoms with van der Waals surface area (Å²) in [5.41, 5.74) is 11.2. The summed E-state index contributed by atoms with van der Waals surface area (Å²) in [6.07, 6.45) is -5.04. The first-order valence-corrected chi connectivity index (χ1v) is 17.4. The van der Waals surface area contributed by atoms with Gasteiger partial charge in [-0.3, -0.25) is 9.80 Å². The molecule has 280 valence electrons. The molecule has 1 aromatic heterocycles. The van der Waals surface area contributed by atoms with Gasteiger partial charge < -0.3 is 30.4 Å². The van der Waals surface area contributed by atoms with E-state index in [0.717, 1.165) is 78.7 Å². The van der Waals surface area contributed by atoms with Crippen LogP contribution in [0.5, 0.6) is 11.5 Å². The van der Waals surface area contributed by atoms with Crippen molar-refractivity contribution in [3.63, 3.8) is 0 Å². The van der Waals surface area contributed by atoms with Crippen LogP contribution in [0.15, 0.2) is 85.2 Å². The average Bonchev–Trinajstić information content (AvgIpc) is 3.45. The number of fused-ring (bicyclic) bond motifs is 1. The Morgan fingerprint density at radius 1 is 0.846 bits per heavy atom. The monoisotopic (exact) mass is 730 g/mol. The molecule has 0 unspecified atom stereocenters. The molecule has 52 heavy (non-hydrogen) atoms. The highest BCUT2D eigenvalue weighted by Crippen LogP contribution is 2.34. The molecule has 8 nitrogen and oxygen atoms in total. The summed E-state index contributed by atoms with van der Waals surface area (Å²) < 4.78 is 87.8. The number of halogens is 6. The van der Waals surface area contributed by atoms with Crippen LogP contribution < -0.4 is 25.8 Å². The Kier molecular flexibility index (Phi) is 11.4. The lowest BCUT2D eigenvalue weighted by Crippen LogP contribution is -2.53. The number of aromatic nitrogens is 1. The number of para-hydroxylation sites is 1. The van der Waals surface area contributed by atoms with E-state index in [0.29, 0.717) is 44.8 Å². The van der Waals surface area contributed by atoms with Gasteiger partial charge in [0.2, 0.25) is 0 Å². The van der Waals surface area contributed by atoms with Crippen LogP contribution in [0.1, 0.15) is 30.4 Å². The zero-order valence-electron chi connectivity index (χ0n) is 28.8. The third kappa shape index (κ3) is 9.79. The van der Waals surface area contributed by atoms with Gasteiger partial charge in [0.25, 0.3) is 0 Å². The minimum absolute atomic E-state index is 0.182. The molecule has 0 spiro atoms. The molecule has 2 aliphatic rings. The van der Waals surface area contributed by atoms with Crippen LogP contribution in [0.2, 0.25) is 0 Å². The van der Waals surface area contributed by atoms with Crippen molar-refractivity contribution in [3.05, 3.63) is 96.3 Å². The minimum Gasteiger partial charge on any atom is -0.406 e. The van der Waals surface area contributed by atoms with Gasteiger partial charge >= 0.3 is 12.7 Å². The summed E-state index contributed by atoms with van der Waals surface area (Å²) >= 11 is 0. The molecule has 2 saturated heterocycles. The number of hydrogen-bond donors (Lipinski definition) is 3. The van der Waals surface area contributed by atoms with Crippen LogP contribution in [0.3, 0.4) is 0 Å². The van der Waals surface area contributed by atoms with Gasteiger partial charge in [0.05, 0.1) is 5.54 Å². The molecular formula is C38H44F6N6O2. The SMILES string of the molecule is C=C(NCCCn1cc(-c2ccc(OC(F)(F)F)cc2)c2cc(CN3CCN(Cc4ccccc4OC(F)(F)F)CC3)ccc21)C1(N)CCNCC1. The fraction of sp³-hybridized carbons (Fsp3) is 0.421. The predicted octanol–water partition coefficient (Wildman–Crippen LogP) is 7.00. The normalized spacial score (nSPS) is 17.3. The topological polar surface area (TPSA) is 80.0 Å². The van der Waals surface area contributed by atoms with Gasteiger partial charge in [-0.05, 0) is 73.8 Å². The maximum Gasteiger partial charge on any atom is 0.573 e. The smallest absolute Gasteiger partial charge is 0.406 e. The second kappa shape index (κ2) is 15.8. The molecule has 4 aromatic rings. The molecule has 3 aromatic carbocycles. The number of aryl methyl sites for hydroxylation is 1. The first-order chi connectivity index (χ1) is 24.7. The third-order valence-electron chi connectivity index (χ3n) is 9.82. The lowest BCUT2D eigenvalue weighted by molar-refractivity contribution is -0.275. The van der Waals surface area contributed by atoms with E-state index in [1.54, 1.807) is 24.3 Å². The summed E-state index contributed by atoms with van der Waals surface area (Å²) in [4.78, 5) is 4.42. The van der Waals surface area contributed by atoms with Crippen molar-refractivity contribution in [1.82, 2.24) is 25.0 Å². The Balaban J connectivity index is 1.14. The highest BCUT2D eigenvalue weighted by atomic mass is 19.4. The maximum atomic E-state index is 12.9. The van der Waals surface area contributed by atoms with E-state index in [-0.39, 0.29) is 11.5 Å². The van der Waals surface area contributed by atoms with Gasteiger partial charge in [0.1, 0.15) is 11.5 Å². The molecule has 3 heterocycles. The molecule has 0 amide bonds. The summed E-state index contributed by atoms with van der Waals surface area (Å²) in [6, 6.07) is 18.4. The highest BCUT2D eigenvalue weighted by molar-refractivity contribution is 5.96. The van der Waals surface area contributed by atoms with Crippen molar-refractivity contribution in [2.75, 3.05) is 45.8 Å². The standard InChI is InChI=1S/C38H44F6N6O2/c1-27(36(45)13-16-46-17-14-36)47-15-4-18-50-26-33(29-8-10-31(11-9-29)51-37(39,40)41)32-23-28(7-12-34(32)50)24-48-19-21-49(22-20-48)25-30-5-2-3-6-35(30)52-38(42,43)44/h2-3,5-12,23,26,46-47H,1,4,13-22,24-25,45H2. The quantitative estimate of drug-likeness (QED) is 0.101. The molecule has 0 saturated carbocycles. The van der Waals surface area contributed by atoms with Crippen LogP contribution in [-0.2, 0) is 19.6 Å². The number of ether oxygens (including phenoxy) is 2. The molecule has 0 radical (unpaired) electrons. The summed E-state index contributed by atoms with van der Waals surface area (Å²) in [7, 11) is 0. The molecule has 0 atom stereocenters. The van der Waals surface area contributed by atoms with Crippen molar-refractivity contribution in [1.29, 1.82) is 0 Å². The number of nitrogens with one attached hydrogen (secondary N) is 2. The van der Waals surface area contributed by atoms with Gasteiger partial charge in [-0.15, -0.1) is 26.3 Å². The first kappa shape index (κ1) is 37.5. The summed E-state index contributed by atoms with van der Waals surface area (Å²) in [5, 5.41) is 7.74. The average molecular weight is 731 g/mol. The Morgan fingerprint density at radius 3 is 2.17 bits per heavy atom. The first-order valence-electron chi connectivity index (χ1n) is 17.4. The maximum absolute atomic E-state index is 12.9. The van der Waals surface area contributed by atoms with Gasteiger partial charge in [-0.1, -0.05) is 43.0 Å². The van der Waals surface area contributed by atoms with Crippen LogP contribution in [0, 0.1) is 0 Å². The highest BCUT2D eigenvalue weighted by Gasteiger charge is 2.33. The number of nitrogens with two attached hydrogens (primary N) is 1. The van der Waals surface area contributed by atoms with E-state index in [2.05, 4.69) is 59.3 Å². The molecule has 6 rings (SSSR count). The van der Waals surface area contributed by atoms with Crippen molar-refractivity contribution in [2.24, 2.45) is 5.73 Å². The number of piperidine rings is 1. The van der Waals surface area contributed by atoms with Crippen LogP contribution in [-0.4, -0.2) is 78.4 Å². The van der Waals surface area contributed by atoms with Crippen molar-refractivity contribution in [2.45, 2.75) is 57.2 Å². The number of nitrogens with zero attached hydrogens (tertiary/aromatic N) is 3. The number of alkyl halides is 6. The van der Waals surface area contributed by atoms with Crippen molar-refractivity contribution in [3.8, 4) is 22.6 Å². The number of piperazine rings is 1. The Bertz CT molecular complexity index is 1810. The molecule has 0 aliphatic carbocycles. The van der Waals surface area contributed by atoms with Gasteiger partial charge in [-0.2, -0.15) is 0 Å². The van der Waals surface area contributed by atoms with Gasteiger partial charge in [-0.25, -0.2) is 0 Å². The molecule has 2 fully saturated rings.